The van der Waals surface area contributed by atoms with Gasteiger partial charge in [0.25, 0.3) is 0 Å². The molecule has 0 fully saturated rings. The topological polar surface area (TPSA) is 56.5 Å². The minimum Gasteiger partial charge on any atom is -0.311 e. The van der Waals surface area contributed by atoms with E-state index in [4.69, 9.17) is 0 Å². The maximum absolute atomic E-state index is 4.16. The van der Waals surface area contributed by atoms with Gasteiger partial charge in [0.05, 0.1) is 0 Å². The van der Waals surface area contributed by atoms with Gasteiger partial charge < -0.3 is 4.57 Å². The summed E-state index contributed by atoms with van der Waals surface area (Å²) in [4.78, 5) is 8.32. The minimum atomic E-state index is 0.682. The molecule has 0 bridgehead atoms. The molecule has 2 aromatic rings. The van der Waals surface area contributed by atoms with Gasteiger partial charge in [-0.25, -0.2) is 9.97 Å². The van der Waals surface area contributed by atoms with Crippen LogP contribution in [0.4, 0.5) is 0 Å². The molecule has 0 unspecified atom stereocenters. The summed E-state index contributed by atoms with van der Waals surface area (Å²) >= 11 is 3.56. The molecule has 0 N–H and O–H groups in total. The summed E-state index contributed by atoms with van der Waals surface area (Å²) in [7, 11) is 1.88. The van der Waals surface area contributed by atoms with Crippen molar-refractivity contribution in [2.75, 3.05) is 0 Å². The van der Waals surface area contributed by atoms with Gasteiger partial charge in [-0.15, -0.1) is 10.2 Å². The first-order chi connectivity index (χ1) is 6.75. The van der Waals surface area contributed by atoms with Gasteiger partial charge in [-0.3, -0.25) is 0 Å². The third-order valence-electron chi connectivity index (χ3n) is 1.45. The van der Waals surface area contributed by atoms with Crippen molar-refractivity contribution in [3.05, 3.63) is 22.3 Å². The van der Waals surface area contributed by atoms with E-state index in [1.807, 2.05) is 11.6 Å². The van der Waals surface area contributed by atoms with E-state index in [2.05, 4.69) is 42.8 Å². The van der Waals surface area contributed by atoms with E-state index in [0.29, 0.717) is 5.16 Å². The van der Waals surface area contributed by atoms with E-state index in [0.717, 1.165) is 8.73 Å². The Morgan fingerprint density at radius 1 is 1.36 bits per heavy atom. The highest BCUT2D eigenvalue weighted by Gasteiger charge is 2.05. The van der Waals surface area contributed by atoms with Gasteiger partial charge in [0, 0.05) is 23.0 Å². The maximum Gasteiger partial charge on any atom is 0.198 e. The summed E-state index contributed by atoms with van der Waals surface area (Å²) in [5.41, 5.74) is 0. The highest BCUT2D eigenvalue weighted by atomic mass is 127. The van der Waals surface area contributed by atoms with Crippen LogP contribution in [0.1, 0.15) is 0 Å². The van der Waals surface area contributed by atoms with Gasteiger partial charge in [0.15, 0.2) is 10.3 Å². The molecule has 72 valence electrons. The molecule has 0 atom stereocenters. The van der Waals surface area contributed by atoms with Crippen LogP contribution in [0.3, 0.4) is 0 Å². The van der Waals surface area contributed by atoms with Crippen LogP contribution in [0.2, 0.25) is 0 Å². The van der Waals surface area contributed by atoms with E-state index in [9.17, 15) is 0 Å². The second-order valence-corrected chi connectivity index (χ2v) is 4.69. The normalized spacial score (nSPS) is 10.4. The Hall–Kier alpha value is -0.700. The van der Waals surface area contributed by atoms with Crippen molar-refractivity contribution in [3.8, 4) is 0 Å². The molecule has 0 saturated heterocycles. The van der Waals surface area contributed by atoms with Crippen LogP contribution in [-0.4, -0.2) is 24.7 Å². The largest absolute Gasteiger partial charge is 0.311 e. The van der Waals surface area contributed by atoms with E-state index >= 15 is 0 Å². The van der Waals surface area contributed by atoms with Gasteiger partial charge in [-0.05, 0) is 34.4 Å². The van der Waals surface area contributed by atoms with Crippen LogP contribution >= 0.6 is 34.4 Å². The second kappa shape index (κ2) is 4.22. The first-order valence-corrected chi connectivity index (χ1v) is 5.64. The highest BCUT2D eigenvalue weighted by Crippen LogP contribution is 2.20. The quantitative estimate of drug-likeness (QED) is 0.618. The SMILES string of the molecule is Cn1cnnc1Sc1ncc(I)cn1. The molecular formula is C7H6IN5S. The second-order valence-electron chi connectivity index (χ2n) is 2.51. The summed E-state index contributed by atoms with van der Waals surface area (Å²) < 4.78 is 2.84. The van der Waals surface area contributed by atoms with Crippen LogP contribution in [0.15, 0.2) is 29.0 Å². The Morgan fingerprint density at radius 2 is 2.07 bits per heavy atom. The molecule has 2 aromatic heterocycles. The van der Waals surface area contributed by atoms with Crippen molar-refractivity contribution >= 4 is 34.4 Å². The average Bonchev–Trinajstić information content (AvgIpc) is 2.56. The lowest BCUT2D eigenvalue weighted by Gasteiger charge is -1.97. The molecule has 2 heterocycles. The number of hydrogen-bond donors (Lipinski definition) is 0. The Labute approximate surface area is 98.5 Å². The Kier molecular flexibility index (Phi) is 2.96. The third-order valence-corrected chi connectivity index (χ3v) is 2.95. The van der Waals surface area contributed by atoms with Crippen LogP contribution in [-0.2, 0) is 7.05 Å². The molecule has 0 radical (unpaired) electrons. The number of aromatic nitrogens is 5. The third kappa shape index (κ3) is 2.21. The van der Waals surface area contributed by atoms with Crippen molar-refractivity contribution < 1.29 is 0 Å². The Morgan fingerprint density at radius 3 is 2.64 bits per heavy atom. The van der Waals surface area contributed by atoms with Crippen LogP contribution in [0.5, 0.6) is 0 Å². The predicted octanol–water partition coefficient (Wildman–Crippen LogP) is 1.36. The molecule has 2 rings (SSSR count). The van der Waals surface area contributed by atoms with Crippen molar-refractivity contribution in [3.63, 3.8) is 0 Å². The first-order valence-electron chi connectivity index (χ1n) is 3.75. The fourth-order valence-corrected chi connectivity index (χ4v) is 1.73. The van der Waals surface area contributed by atoms with Crippen molar-refractivity contribution in [1.82, 2.24) is 24.7 Å². The van der Waals surface area contributed by atoms with Gasteiger partial charge >= 0.3 is 0 Å². The summed E-state index contributed by atoms with van der Waals surface area (Å²) in [6, 6.07) is 0. The monoisotopic (exact) mass is 319 g/mol. The zero-order chi connectivity index (χ0) is 9.97. The fraction of sp³-hybridized carbons (Fsp3) is 0.143. The van der Waals surface area contributed by atoms with E-state index in [1.165, 1.54) is 11.8 Å². The first kappa shape index (κ1) is 9.84. The number of hydrogen-bond acceptors (Lipinski definition) is 5. The molecule has 0 aliphatic carbocycles. The van der Waals surface area contributed by atoms with Gasteiger partial charge in [0.1, 0.15) is 6.33 Å². The Bertz CT molecular complexity index is 426. The van der Waals surface area contributed by atoms with Crippen LogP contribution < -0.4 is 0 Å². The van der Waals surface area contributed by atoms with Gasteiger partial charge in [0.2, 0.25) is 0 Å². The van der Waals surface area contributed by atoms with E-state index in [1.54, 1.807) is 18.7 Å². The molecule has 0 aromatic carbocycles. The van der Waals surface area contributed by atoms with Crippen LogP contribution in [0.25, 0.3) is 0 Å². The van der Waals surface area contributed by atoms with E-state index in [-0.39, 0.29) is 0 Å². The lowest BCUT2D eigenvalue weighted by atomic mass is 10.7. The minimum absolute atomic E-state index is 0.682. The number of aryl methyl sites for hydroxylation is 1. The number of rotatable bonds is 2. The zero-order valence-electron chi connectivity index (χ0n) is 7.25. The predicted molar refractivity (Wildman–Crippen MR) is 59.9 cm³/mol. The fourth-order valence-electron chi connectivity index (χ4n) is 0.800. The molecule has 5 nitrogen and oxygen atoms in total. The average molecular weight is 319 g/mol. The molecule has 0 spiro atoms. The lowest BCUT2D eigenvalue weighted by molar-refractivity contribution is 0.783. The van der Waals surface area contributed by atoms with Crippen molar-refractivity contribution in [1.29, 1.82) is 0 Å². The van der Waals surface area contributed by atoms with Crippen LogP contribution in [0, 0.1) is 3.57 Å². The molecule has 7 heteroatoms. The highest BCUT2D eigenvalue weighted by molar-refractivity contribution is 14.1. The molecular weight excluding hydrogens is 313 g/mol. The molecule has 0 saturated carbocycles. The maximum atomic E-state index is 4.16. The Balaban J connectivity index is 2.19. The zero-order valence-corrected chi connectivity index (χ0v) is 10.2. The number of halogens is 1. The van der Waals surface area contributed by atoms with Crippen molar-refractivity contribution in [2.45, 2.75) is 10.3 Å². The summed E-state index contributed by atoms with van der Waals surface area (Å²) in [5, 5.41) is 9.16. The molecule has 0 amide bonds. The van der Waals surface area contributed by atoms with Gasteiger partial charge in [-0.1, -0.05) is 0 Å². The molecule has 14 heavy (non-hydrogen) atoms. The molecule has 0 aliphatic heterocycles. The summed E-state index contributed by atoms with van der Waals surface area (Å²) in [6.45, 7) is 0. The lowest BCUT2D eigenvalue weighted by Crippen LogP contribution is -1.91. The summed E-state index contributed by atoms with van der Waals surface area (Å²) in [6.07, 6.45) is 5.19. The summed E-state index contributed by atoms with van der Waals surface area (Å²) in [5.74, 6) is 0. The standard InChI is InChI=1S/C7H6IN5S/c1-13-4-11-12-7(13)14-6-9-2-5(8)3-10-6/h2-4H,1H3. The number of nitrogens with zero attached hydrogens (tertiary/aromatic N) is 5. The smallest absolute Gasteiger partial charge is 0.198 e. The molecule has 0 aliphatic rings. The van der Waals surface area contributed by atoms with Gasteiger partial charge in [-0.2, -0.15) is 0 Å². The van der Waals surface area contributed by atoms with E-state index < -0.39 is 0 Å². The van der Waals surface area contributed by atoms with Crippen molar-refractivity contribution in [2.24, 2.45) is 7.05 Å².